The largest absolute Gasteiger partial charge is 0.376 e. The third kappa shape index (κ3) is 4.23. The number of hydrogen-bond acceptors (Lipinski definition) is 7. The van der Waals surface area contributed by atoms with Crippen LogP contribution in [0.4, 0.5) is 5.95 Å². The number of thioether (sulfide) groups is 1. The lowest BCUT2D eigenvalue weighted by molar-refractivity contribution is -0.115. The lowest BCUT2D eigenvalue weighted by atomic mass is 10.1. The highest BCUT2D eigenvalue weighted by atomic mass is 32.2. The molecule has 1 fully saturated rings. The van der Waals surface area contributed by atoms with E-state index in [1.165, 1.54) is 11.8 Å². The number of fused-ring (bicyclic) bond motifs is 1. The molecule has 3 aromatic heterocycles. The summed E-state index contributed by atoms with van der Waals surface area (Å²) >= 11 is 1.36. The van der Waals surface area contributed by atoms with Gasteiger partial charge in [0.25, 0.3) is 0 Å². The number of para-hydroxylation sites is 1. The smallest absolute Gasteiger partial charge is 0.240 e. The quantitative estimate of drug-likeness (QED) is 0.415. The Labute approximate surface area is 189 Å². The molecule has 0 radical (unpaired) electrons. The van der Waals surface area contributed by atoms with E-state index in [9.17, 15) is 4.79 Å². The predicted octanol–water partition coefficient (Wildman–Crippen LogP) is 3.51. The topological polar surface area (TPSA) is 111 Å². The Morgan fingerprint density at radius 3 is 2.94 bits per heavy atom. The third-order valence-corrected chi connectivity index (χ3v) is 6.49. The molecule has 1 aliphatic rings. The summed E-state index contributed by atoms with van der Waals surface area (Å²) in [6.45, 7) is 3.24. The minimum absolute atomic E-state index is 0.108. The van der Waals surface area contributed by atoms with E-state index in [2.05, 4.69) is 41.1 Å². The Hall–Kier alpha value is -3.24. The normalized spacial score (nSPS) is 17.0. The molecule has 0 aliphatic carbocycles. The molecule has 0 unspecified atom stereocenters. The van der Waals surface area contributed by atoms with Crippen molar-refractivity contribution in [2.75, 3.05) is 11.9 Å². The van der Waals surface area contributed by atoms with Crippen molar-refractivity contribution in [1.29, 1.82) is 0 Å². The number of aromatic amines is 1. The zero-order chi connectivity index (χ0) is 21.9. The van der Waals surface area contributed by atoms with Crippen molar-refractivity contribution < 1.29 is 9.53 Å². The van der Waals surface area contributed by atoms with Gasteiger partial charge in [-0.05, 0) is 31.9 Å². The van der Waals surface area contributed by atoms with Crippen LogP contribution in [0.15, 0.2) is 54.1 Å². The molecule has 32 heavy (non-hydrogen) atoms. The molecule has 9 nitrogen and oxygen atoms in total. The van der Waals surface area contributed by atoms with Gasteiger partial charge in [-0.2, -0.15) is 0 Å². The van der Waals surface area contributed by atoms with Crippen LogP contribution >= 0.6 is 11.8 Å². The first kappa shape index (κ1) is 20.7. The number of nitrogens with one attached hydrogen (secondary N) is 2. The fourth-order valence-corrected chi connectivity index (χ4v) is 4.63. The number of hydrogen-bond donors (Lipinski definition) is 2. The average molecular weight is 450 g/mol. The fraction of sp³-hybridized carbons (Fsp3) is 0.318. The maximum absolute atomic E-state index is 12.7. The molecule has 0 bridgehead atoms. The van der Waals surface area contributed by atoms with E-state index >= 15 is 0 Å². The van der Waals surface area contributed by atoms with E-state index in [1.54, 1.807) is 18.5 Å². The van der Waals surface area contributed by atoms with Crippen LogP contribution < -0.4 is 5.32 Å². The highest BCUT2D eigenvalue weighted by molar-refractivity contribution is 8.00. The minimum atomic E-state index is -0.415. The van der Waals surface area contributed by atoms with Gasteiger partial charge in [-0.25, -0.2) is 9.97 Å². The number of carbonyl (C=O) groups excluding carboxylic acids is 1. The number of aromatic nitrogens is 6. The van der Waals surface area contributed by atoms with Gasteiger partial charge in [0.1, 0.15) is 0 Å². The van der Waals surface area contributed by atoms with Crippen LogP contribution in [0.25, 0.3) is 22.3 Å². The molecule has 0 saturated carbocycles. The number of H-pyrrole nitrogens is 1. The summed E-state index contributed by atoms with van der Waals surface area (Å²) in [7, 11) is 0. The monoisotopic (exact) mass is 449 g/mol. The van der Waals surface area contributed by atoms with Gasteiger partial charge >= 0.3 is 0 Å². The number of amides is 1. The number of ether oxygens (including phenoxy) is 1. The maximum atomic E-state index is 12.7. The van der Waals surface area contributed by atoms with Crippen LogP contribution in [-0.4, -0.2) is 53.6 Å². The number of nitrogens with zero attached hydrogens (tertiary/aromatic N) is 5. The Morgan fingerprint density at radius 2 is 2.12 bits per heavy atom. The first-order chi connectivity index (χ1) is 15.7. The summed E-state index contributed by atoms with van der Waals surface area (Å²) < 4.78 is 7.95. The Morgan fingerprint density at radius 1 is 1.28 bits per heavy atom. The van der Waals surface area contributed by atoms with Crippen molar-refractivity contribution >= 4 is 34.5 Å². The van der Waals surface area contributed by atoms with Crippen molar-refractivity contribution in [2.45, 2.75) is 42.8 Å². The molecule has 4 aromatic rings. The summed E-state index contributed by atoms with van der Waals surface area (Å²) in [5.41, 5.74) is 2.02. The van der Waals surface area contributed by atoms with E-state index in [0.29, 0.717) is 11.7 Å². The minimum Gasteiger partial charge on any atom is -0.376 e. The molecule has 10 heteroatoms. The van der Waals surface area contributed by atoms with E-state index in [1.807, 2.05) is 31.3 Å². The van der Waals surface area contributed by atoms with E-state index in [0.717, 1.165) is 41.7 Å². The number of carbonyl (C=O) groups is 1. The summed E-state index contributed by atoms with van der Waals surface area (Å²) in [4.78, 5) is 24.1. The van der Waals surface area contributed by atoms with Gasteiger partial charge in [0.15, 0.2) is 11.0 Å². The van der Waals surface area contributed by atoms with E-state index < -0.39 is 5.25 Å². The van der Waals surface area contributed by atoms with Gasteiger partial charge in [-0.3, -0.25) is 14.7 Å². The molecule has 1 aliphatic heterocycles. The highest BCUT2D eigenvalue weighted by Gasteiger charge is 2.25. The lowest BCUT2D eigenvalue weighted by Gasteiger charge is -2.16. The van der Waals surface area contributed by atoms with Crippen LogP contribution in [0, 0.1) is 0 Å². The number of rotatable bonds is 7. The first-order valence-electron chi connectivity index (χ1n) is 10.5. The first-order valence-corrected chi connectivity index (χ1v) is 11.4. The van der Waals surface area contributed by atoms with Gasteiger partial charge in [-0.1, -0.05) is 30.0 Å². The third-order valence-electron chi connectivity index (χ3n) is 5.41. The van der Waals surface area contributed by atoms with Crippen LogP contribution in [0.1, 0.15) is 19.8 Å². The van der Waals surface area contributed by atoms with E-state index in [4.69, 9.17) is 4.74 Å². The molecule has 5 rings (SSSR count). The Balaban J connectivity index is 1.43. The van der Waals surface area contributed by atoms with Crippen molar-refractivity contribution in [2.24, 2.45) is 0 Å². The van der Waals surface area contributed by atoms with Crippen LogP contribution in [0.5, 0.6) is 0 Å². The molecule has 1 amide bonds. The fourth-order valence-electron chi connectivity index (χ4n) is 3.78. The zero-order valence-corrected chi connectivity index (χ0v) is 18.4. The number of benzene rings is 1. The van der Waals surface area contributed by atoms with Gasteiger partial charge in [0, 0.05) is 41.7 Å². The second-order valence-electron chi connectivity index (χ2n) is 7.62. The molecule has 164 valence electrons. The van der Waals surface area contributed by atoms with Crippen LogP contribution in [0.2, 0.25) is 0 Å². The summed E-state index contributed by atoms with van der Waals surface area (Å²) in [6, 6.07) is 9.81. The van der Waals surface area contributed by atoms with Gasteiger partial charge in [0.2, 0.25) is 11.9 Å². The van der Waals surface area contributed by atoms with E-state index in [-0.39, 0.29) is 18.0 Å². The molecule has 1 saturated heterocycles. The summed E-state index contributed by atoms with van der Waals surface area (Å²) in [5.74, 6) is 0.853. The standard InChI is InChI=1S/C22H23N7O2S/c1-14(20(30)26-21-23-9-5-10-24-21)32-22-28-27-19(29(22)13-15-6-4-11-31-15)17-12-25-18-8-3-2-7-16(17)18/h2-3,5,7-10,12,14-15,25H,4,6,11,13H2,1H3,(H,23,24,26,30)/t14-,15+/m1/s1. The van der Waals surface area contributed by atoms with Crippen molar-refractivity contribution in [3.8, 4) is 11.4 Å². The molecule has 2 N–H and O–H groups in total. The molecular formula is C22H23N7O2S. The second kappa shape index (κ2) is 9.09. The molecule has 1 aromatic carbocycles. The SMILES string of the molecule is C[C@@H](Sc1nnc(-c2c[nH]c3ccccc23)n1C[C@@H]1CCCO1)C(=O)Nc1ncccn1. The summed E-state index contributed by atoms with van der Waals surface area (Å²) in [6.07, 6.45) is 7.29. The zero-order valence-electron chi connectivity index (χ0n) is 17.6. The predicted molar refractivity (Wildman–Crippen MR) is 122 cm³/mol. The summed E-state index contributed by atoms with van der Waals surface area (Å²) in [5, 5.41) is 13.0. The Kier molecular flexibility index (Phi) is 5.87. The number of anilines is 1. The van der Waals surface area contributed by atoms with Gasteiger partial charge in [-0.15, -0.1) is 10.2 Å². The second-order valence-corrected chi connectivity index (χ2v) is 8.93. The van der Waals surface area contributed by atoms with Gasteiger partial charge in [0.05, 0.1) is 17.9 Å². The lowest BCUT2D eigenvalue weighted by Crippen LogP contribution is -2.24. The molecule has 4 heterocycles. The van der Waals surface area contributed by atoms with Crippen molar-refractivity contribution in [3.05, 3.63) is 48.9 Å². The maximum Gasteiger partial charge on any atom is 0.240 e. The molecule has 2 atom stereocenters. The molecular weight excluding hydrogens is 426 g/mol. The van der Waals surface area contributed by atoms with Crippen LogP contribution in [-0.2, 0) is 16.1 Å². The highest BCUT2D eigenvalue weighted by Crippen LogP contribution is 2.32. The van der Waals surface area contributed by atoms with Crippen LogP contribution in [0.3, 0.4) is 0 Å². The Bertz CT molecular complexity index is 1220. The average Bonchev–Trinajstić information content (AvgIpc) is 3.56. The van der Waals surface area contributed by atoms with Crippen molar-refractivity contribution in [1.82, 2.24) is 29.7 Å². The molecule has 0 spiro atoms. The van der Waals surface area contributed by atoms with Gasteiger partial charge < -0.3 is 9.72 Å². The van der Waals surface area contributed by atoms with Crippen molar-refractivity contribution in [3.63, 3.8) is 0 Å².